The smallest absolute Gasteiger partial charge is 0.161 e. The maximum Gasteiger partial charge on any atom is 0.161 e. The third kappa shape index (κ3) is 11.7. The molecule has 1 aromatic heterocycles. The van der Waals surface area contributed by atoms with Crippen LogP contribution in [0.15, 0.2) is 132 Å². The van der Waals surface area contributed by atoms with Crippen molar-refractivity contribution in [3.05, 3.63) is 165 Å². The van der Waals surface area contributed by atoms with Crippen LogP contribution in [0.5, 0.6) is 11.5 Å². The van der Waals surface area contributed by atoms with E-state index in [1.165, 1.54) is 47.9 Å². The normalized spacial score (nSPS) is 37.9. The summed E-state index contributed by atoms with van der Waals surface area (Å²) in [4.78, 5) is 3.39. The Kier molecular flexibility index (Phi) is 18.1. The number of aliphatic hydroxyl groups is 6. The van der Waals surface area contributed by atoms with Gasteiger partial charge in [0, 0.05) is 83.7 Å². The molecule has 0 radical (unpaired) electrons. The topological polar surface area (TPSA) is 205 Å². The molecule has 2 aliphatic heterocycles. The Morgan fingerprint density at radius 2 is 1.58 bits per heavy atom. The molecule has 11 N–H and O–H groups in total. The van der Waals surface area contributed by atoms with E-state index in [0.717, 1.165) is 47.2 Å². The molecule has 9 aliphatic rings. The zero-order chi connectivity index (χ0) is 59.2. The Hall–Kier alpha value is -4.88. The number of hydrogen-bond acceptors (Lipinski definition) is 12. The van der Waals surface area contributed by atoms with Crippen molar-refractivity contribution in [1.29, 1.82) is 0 Å². The zero-order valence-corrected chi connectivity index (χ0v) is 51.6. The fourth-order valence-corrected chi connectivity index (χ4v) is 21.3. The van der Waals surface area contributed by atoms with E-state index in [2.05, 4.69) is 114 Å². The minimum atomic E-state index is -1.08. The Bertz CT molecular complexity index is 3230. The number of ether oxygens (including phenoxy) is 1. The average molecular weight is 1200 g/mol. The molecule has 3 heterocycles. The van der Waals surface area contributed by atoms with Gasteiger partial charge in [-0.15, -0.1) is 0 Å². The number of aromatic hydroxyl groups is 1. The van der Waals surface area contributed by atoms with Crippen LogP contribution in [0.3, 0.4) is 0 Å². The molecule has 1 saturated heterocycles. The van der Waals surface area contributed by atoms with Crippen LogP contribution in [-0.2, 0) is 25.7 Å². The van der Waals surface area contributed by atoms with Crippen molar-refractivity contribution >= 4 is 21.6 Å². The van der Waals surface area contributed by atoms with E-state index in [9.17, 15) is 35.7 Å². The number of aromatic amines is 1. The number of hydrogen-bond donors (Lipinski definition) is 10. The molecular formula is C73H91N3O8S2. The minimum absolute atomic E-state index is 0.0256. The molecule has 4 aromatic rings. The number of nitrogens with two attached hydrogens (primary N) is 1. The number of aromatic nitrogens is 1. The van der Waals surface area contributed by atoms with E-state index in [1.807, 2.05) is 24.4 Å². The van der Waals surface area contributed by atoms with Crippen LogP contribution < -0.4 is 15.8 Å². The number of nitrogens with one attached hydrogen (secondary N) is 2. The van der Waals surface area contributed by atoms with Crippen molar-refractivity contribution in [2.45, 2.75) is 146 Å². The molecule has 3 fully saturated rings. The maximum atomic E-state index is 12.9. The van der Waals surface area contributed by atoms with Crippen LogP contribution >= 0.6 is 21.6 Å². The van der Waals surface area contributed by atoms with Gasteiger partial charge >= 0.3 is 0 Å². The van der Waals surface area contributed by atoms with Crippen molar-refractivity contribution in [3.8, 4) is 23.3 Å². The van der Waals surface area contributed by atoms with Gasteiger partial charge in [-0.2, -0.15) is 0 Å². The second kappa shape index (κ2) is 25.9. The van der Waals surface area contributed by atoms with E-state index in [-0.39, 0.29) is 72.1 Å². The summed E-state index contributed by atoms with van der Waals surface area (Å²) in [6, 6.07) is 28.0. The van der Waals surface area contributed by atoms with E-state index in [4.69, 9.17) is 10.5 Å². The largest absolute Gasteiger partial charge is 0.504 e. The van der Waals surface area contributed by atoms with Crippen molar-refractivity contribution < 1.29 is 40.5 Å². The van der Waals surface area contributed by atoms with E-state index in [1.54, 1.807) is 21.6 Å². The summed E-state index contributed by atoms with van der Waals surface area (Å²) in [7, 11) is 3.26. The van der Waals surface area contributed by atoms with Crippen molar-refractivity contribution in [2.24, 2.45) is 82.2 Å². The third-order valence-electron chi connectivity index (χ3n) is 23.0. The van der Waals surface area contributed by atoms with Gasteiger partial charge in [0.1, 0.15) is 11.9 Å². The van der Waals surface area contributed by atoms with Crippen LogP contribution in [-0.4, -0.2) is 103 Å². The second-order valence-corrected chi connectivity index (χ2v) is 30.0. The third-order valence-corrected chi connectivity index (χ3v) is 25.4. The molecule has 3 aromatic carbocycles. The molecular weight excluding hydrogens is 1110 g/mol. The van der Waals surface area contributed by atoms with Crippen molar-refractivity contribution in [3.63, 3.8) is 0 Å². The molecule has 458 valence electrons. The number of phenols is 1. The number of H-pyrrole nitrogens is 1. The van der Waals surface area contributed by atoms with Gasteiger partial charge in [-0.05, 0) is 194 Å². The van der Waals surface area contributed by atoms with Crippen molar-refractivity contribution in [2.75, 3.05) is 31.3 Å². The number of phenolic OH excluding ortho intramolecular Hbond substituents is 1. The summed E-state index contributed by atoms with van der Waals surface area (Å²) in [6.45, 7) is 2.49. The molecule has 86 heavy (non-hydrogen) atoms. The molecule has 20 atom stereocenters. The van der Waals surface area contributed by atoms with Crippen molar-refractivity contribution in [1.82, 2.24) is 10.3 Å². The lowest BCUT2D eigenvalue weighted by atomic mass is 9.45. The van der Waals surface area contributed by atoms with Gasteiger partial charge in [-0.25, -0.2) is 0 Å². The molecule has 7 aliphatic carbocycles. The number of aliphatic hydroxyl groups excluding tert-OH is 6. The lowest BCUT2D eigenvalue weighted by Crippen LogP contribution is -2.55. The van der Waals surface area contributed by atoms with E-state index in [0.29, 0.717) is 93.0 Å². The summed E-state index contributed by atoms with van der Waals surface area (Å²) in [5.41, 5.74) is 16.3. The molecule has 13 rings (SSSR count). The van der Waals surface area contributed by atoms with E-state index < -0.39 is 53.7 Å². The van der Waals surface area contributed by atoms with Gasteiger partial charge < -0.3 is 56.5 Å². The predicted molar refractivity (Wildman–Crippen MR) is 343 cm³/mol. The average Bonchev–Trinajstić information content (AvgIpc) is 0.802. The quantitative estimate of drug-likeness (QED) is 0.0455. The first-order valence-corrected chi connectivity index (χ1v) is 35.2. The summed E-state index contributed by atoms with van der Waals surface area (Å²) in [5, 5.41) is 89.0. The molecule has 2 saturated carbocycles. The molecule has 11 nitrogen and oxygen atoms in total. The summed E-state index contributed by atoms with van der Waals surface area (Å²) < 4.78 is 7.03. The highest BCUT2D eigenvalue weighted by Gasteiger charge is 2.58. The highest BCUT2D eigenvalue weighted by atomic mass is 33.1. The number of benzene rings is 3. The Morgan fingerprint density at radius 3 is 2.36 bits per heavy atom. The summed E-state index contributed by atoms with van der Waals surface area (Å²) in [6.07, 6.45) is 18.4. The SMILES string of the molecule is CC[C@@H]1Cc2cc(O)c(O[C@H]3C[C@@H](Cc4ccc[nH]4)C4=CCNC(N)=C4CSSC[C@H](CO)[C@@H]3O)cc2[C@@H]2C[C@@H](O)[C@@H]3[C@@H](C#C[C@]4(C[C@H](O)CC[C@@H]3O)C[C@@H](c3ccccc3)[C@@H]3Cc5ccccc5C[C@@H]5[C@H](C=C[C@H]6CCCC[C@H]56)[C@@H]3[C@@H]4CO)C=C12. The van der Waals surface area contributed by atoms with Crippen LogP contribution in [0.4, 0.5) is 0 Å². The standard InChI is InChI=1S/C73H91N3O8S2/c1-2-42-27-48-32-65(81)67(84-68-33-49(28-51-16-10-25-75-51)54-23-26-76-72(74)62(54)41-86-85-40-50(38-77)71(68)83)35-57(48)59-34-66(82)69-47(31-56(42)59)22-24-73(36-52(79)19-21-64(69)80)37-61(43-11-4-3-5-12-43)60-30-46-15-7-6-14-45(46)29-58-53-17-9-8-13-44(53)18-20-55(58)70(60)63(73)39-78/h3-7,10-12,14-16,18,20,23,25,31-32,35,42,44,47,49-50,52-53,55,58-61,63-64,66,68-71,75-83H,2,8-9,13,17,19,21,26-30,33-34,36-41,74H2,1H3/t42-,44-,47+,49-,50+,52-,53+,55+,58+,59-,60+,61+,63+,64+,66-,68+,69-,70+,71+,73+/m1/s1. The van der Waals surface area contributed by atoms with Crippen LogP contribution in [0.1, 0.15) is 123 Å². The Balaban J connectivity index is 0.899. The van der Waals surface area contributed by atoms with Gasteiger partial charge in [0.2, 0.25) is 0 Å². The lowest BCUT2D eigenvalue weighted by Gasteiger charge is -2.58. The van der Waals surface area contributed by atoms with Gasteiger partial charge in [0.05, 0.1) is 24.4 Å². The fourth-order valence-electron chi connectivity index (χ4n) is 18.7. The first-order chi connectivity index (χ1) is 41.9. The first-order valence-electron chi connectivity index (χ1n) is 32.7. The second-order valence-electron chi connectivity index (χ2n) is 27.4. The highest BCUT2D eigenvalue weighted by Crippen LogP contribution is 2.63. The highest BCUT2D eigenvalue weighted by molar-refractivity contribution is 8.76. The van der Waals surface area contributed by atoms with Crippen LogP contribution in [0, 0.1) is 88.3 Å². The number of allylic oxidation sites excluding steroid dienone is 5. The molecule has 0 amide bonds. The van der Waals surface area contributed by atoms with Gasteiger partial charge in [0.25, 0.3) is 0 Å². The monoisotopic (exact) mass is 1200 g/mol. The minimum Gasteiger partial charge on any atom is -0.504 e. The Labute approximate surface area is 517 Å². The zero-order valence-electron chi connectivity index (χ0n) is 49.9. The van der Waals surface area contributed by atoms with E-state index >= 15 is 0 Å². The van der Waals surface area contributed by atoms with Gasteiger partial charge in [-0.1, -0.05) is 138 Å². The fraction of sp³-hybridized carbons (Fsp3) is 0.562. The van der Waals surface area contributed by atoms with Gasteiger partial charge in [-0.3, -0.25) is 0 Å². The summed E-state index contributed by atoms with van der Waals surface area (Å²) in [5.74, 6) is 9.85. The van der Waals surface area contributed by atoms with Crippen LogP contribution in [0.2, 0.25) is 0 Å². The summed E-state index contributed by atoms with van der Waals surface area (Å²) >= 11 is 0. The maximum absolute atomic E-state index is 12.9. The Morgan fingerprint density at radius 1 is 0.779 bits per heavy atom. The molecule has 1 spiro atoms. The van der Waals surface area contributed by atoms with Gasteiger partial charge in [0.15, 0.2) is 11.5 Å². The molecule has 13 heteroatoms. The number of fused-ring (bicyclic) bond motifs is 11. The number of rotatable bonds is 8. The lowest BCUT2D eigenvalue weighted by molar-refractivity contribution is -0.0747. The number of dihydropyridines is 1. The molecule has 0 unspecified atom stereocenters. The molecule has 0 bridgehead atoms. The van der Waals surface area contributed by atoms with Crippen LogP contribution in [0.25, 0.3) is 0 Å². The first kappa shape index (κ1) is 60.1. The predicted octanol–water partition coefficient (Wildman–Crippen LogP) is 10.7.